The van der Waals surface area contributed by atoms with E-state index in [0.717, 1.165) is 83.8 Å². The zero-order valence-electron chi connectivity index (χ0n) is 44.0. The van der Waals surface area contributed by atoms with Crippen LogP contribution < -0.4 is 4.90 Å². The van der Waals surface area contributed by atoms with Crippen LogP contribution in [0.1, 0.15) is 55.5 Å². The number of nitrogens with zero attached hydrogens (tertiary/aromatic N) is 1. The van der Waals surface area contributed by atoms with E-state index in [1.54, 1.807) is 24.3 Å². The average molecular weight is 850 g/mol. The summed E-state index contributed by atoms with van der Waals surface area (Å²) in [4.78, 5) is 2.35. The van der Waals surface area contributed by atoms with Gasteiger partial charge in [0.2, 0.25) is 0 Å². The molecule has 1 heteroatoms. The lowest BCUT2D eigenvalue weighted by molar-refractivity contribution is 0.768. The van der Waals surface area contributed by atoms with Crippen LogP contribution in [0.25, 0.3) is 55.6 Å². The van der Waals surface area contributed by atoms with Gasteiger partial charge in [-0.25, -0.2) is 0 Å². The van der Waals surface area contributed by atoms with Gasteiger partial charge in [-0.1, -0.05) is 200 Å². The molecule has 0 unspecified atom stereocenters. The summed E-state index contributed by atoms with van der Waals surface area (Å²) in [5.41, 5.74) is 17.5. The largest absolute Gasteiger partial charge is 0.309 e. The molecule has 0 radical (unpaired) electrons. The Hall–Kier alpha value is -8.00. The first-order valence-corrected chi connectivity index (χ1v) is 22.6. The maximum absolute atomic E-state index is 8.67. The van der Waals surface area contributed by atoms with E-state index in [0.29, 0.717) is 22.3 Å². The van der Waals surface area contributed by atoms with Crippen molar-refractivity contribution in [1.82, 2.24) is 0 Å². The SMILES string of the molecule is [2H]C1([2H])c2ccc(-c3ccc(N(c4ccc5c(c4)C(c4ccccc4)(c4ccccc4)c4ccccc4-5)c4ccc(-c5ccc6c(c5)C([2H])([2H])C6([2H])[2H])cc4-c4ccccc4)c(-c4ccccc4)c3)cc2C1([2H])[2H]. The van der Waals surface area contributed by atoms with E-state index < -0.39 is 30.9 Å². The number of anilines is 3. The summed E-state index contributed by atoms with van der Waals surface area (Å²) >= 11 is 0. The first kappa shape index (κ1) is 31.0. The van der Waals surface area contributed by atoms with Gasteiger partial charge in [-0.15, -0.1) is 0 Å². The van der Waals surface area contributed by atoms with Gasteiger partial charge in [-0.05, 0) is 151 Å². The van der Waals surface area contributed by atoms with Crippen molar-refractivity contribution in [2.75, 3.05) is 4.90 Å². The molecule has 10 aromatic carbocycles. The first-order chi connectivity index (χ1) is 35.7. The number of hydrogen-bond donors (Lipinski definition) is 0. The van der Waals surface area contributed by atoms with E-state index >= 15 is 0 Å². The Bertz CT molecular complexity index is 3650. The average Bonchev–Trinajstić information content (AvgIpc) is 3.76. The van der Waals surface area contributed by atoms with Gasteiger partial charge >= 0.3 is 0 Å². The molecule has 0 amide bonds. The molecule has 0 spiro atoms. The molecule has 3 aliphatic rings. The zero-order chi connectivity index (χ0) is 50.8. The molecule has 0 saturated heterocycles. The van der Waals surface area contributed by atoms with E-state index in [9.17, 15) is 0 Å². The Morgan fingerprint density at radius 3 is 1.26 bits per heavy atom. The first-order valence-electron chi connectivity index (χ1n) is 26.6. The maximum atomic E-state index is 8.67. The number of benzene rings is 10. The van der Waals surface area contributed by atoms with E-state index in [1.165, 1.54) is 11.1 Å². The quantitative estimate of drug-likeness (QED) is 0.140. The summed E-state index contributed by atoms with van der Waals surface area (Å²) in [6.07, 6.45) is -8.40. The topological polar surface area (TPSA) is 3.24 Å². The summed E-state index contributed by atoms with van der Waals surface area (Å²) in [6, 6.07) is 81.2. The van der Waals surface area contributed by atoms with Crippen molar-refractivity contribution in [2.45, 2.75) is 30.9 Å². The van der Waals surface area contributed by atoms with Crippen molar-refractivity contribution in [2.24, 2.45) is 0 Å². The minimum Gasteiger partial charge on any atom is -0.309 e. The van der Waals surface area contributed by atoms with Gasteiger partial charge in [-0.2, -0.15) is 0 Å². The van der Waals surface area contributed by atoms with Crippen LogP contribution >= 0.6 is 0 Å². The number of hydrogen-bond acceptors (Lipinski definition) is 1. The molecule has 312 valence electrons. The molecule has 0 bridgehead atoms. The van der Waals surface area contributed by atoms with Gasteiger partial charge in [0.1, 0.15) is 0 Å². The molecule has 13 rings (SSSR count). The summed E-state index contributed by atoms with van der Waals surface area (Å²) in [5.74, 6) is 0. The molecule has 0 atom stereocenters. The van der Waals surface area contributed by atoms with Gasteiger partial charge in [0.15, 0.2) is 0 Å². The number of rotatable bonds is 9. The molecule has 0 aliphatic heterocycles. The van der Waals surface area contributed by atoms with Crippen molar-refractivity contribution in [3.63, 3.8) is 0 Å². The zero-order valence-corrected chi connectivity index (χ0v) is 36.0. The van der Waals surface area contributed by atoms with Crippen molar-refractivity contribution >= 4 is 17.1 Å². The predicted molar refractivity (Wildman–Crippen MR) is 275 cm³/mol. The van der Waals surface area contributed by atoms with E-state index in [1.807, 2.05) is 48.5 Å². The van der Waals surface area contributed by atoms with Crippen LogP contribution in [0.4, 0.5) is 17.1 Å². The Kier molecular flexibility index (Phi) is 7.33. The van der Waals surface area contributed by atoms with Crippen LogP contribution in [0, 0.1) is 0 Å². The van der Waals surface area contributed by atoms with Crippen molar-refractivity contribution in [1.29, 1.82) is 0 Å². The highest BCUT2D eigenvalue weighted by atomic mass is 15.1. The Labute approximate surface area is 399 Å². The van der Waals surface area contributed by atoms with Crippen LogP contribution in [0.3, 0.4) is 0 Å². The van der Waals surface area contributed by atoms with E-state index in [2.05, 4.69) is 169 Å². The molecule has 0 N–H and O–H groups in total. The standard InChI is InChI=1S/C65H47N/c1-5-15-46(16-6-1)59-41-52(50-31-27-44-25-29-48(44)39-50)33-37-63(59)66(64-38-34-53(42-60(64)47-17-7-2-8-18-47)51-32-28-45-26-30-49(45)40-51)56-35-36-58-57-23-13-14-24-61(57)65(62(58)43-56,54-19-9-3-10-20-54)55-21-11-4-12-22-55/h1-24,27-28,31-43H,25-26,29-30H2/i25D2,26D2,29D2,30D2. The fourth-order valence-corrected chi connectivity index (χ4v) is 10.5. The minimum absolute atomic E-state index is 0.363. The number of fused-ring (bicyclic) bond motifs is 5. The molecule has 10 aromatic rings. The third-order valence-electron chi connectivity index (χ3n) is 13.7. The van der Waals surface area contributed by atoms with Crippen molar-refractivity contribution < 1.29 is 11.0 Å². The normalized spacial score (nSPS) is 18.5. The molecular weight excluding hydrogens is 795 g/mol. The van der Waals surface area contributed by atoms with Crippen LogP contribution in [0.15, 0.2) is 237 Å². The second-order valence-electron chi connectivity index (χ2n) is 17.3. The molecule has 0 heterocycles. The van der Waals surface area contributed by atoms with Gasteiger partial charge < -0.3 is 4.90 Å². The minimum atomic E-state index is -2.13. The highest BCUT2D eigenvalue weighted by molar-refractivity contribution is 5.98. The second-order valence-corrected chi connectivity index (χ2v) is 17.3. The summed E-state index contributed by atoms with van der Waals surface area (Å²) < 4.78 is 68.6. The molecule has 66 heavy (non-hydrogen) atoms. The van der Waals surface area contributed by atoms with E-state index in [-0.39, 0.29) is 0 Å². The lowest BCUT2D eigenvalue weighted by Gasteiger charge is -2.35. The fourth-order valence-electron chi connectivity index (χ4n) is 10.5. The van der Waals surface area contributed by atoms with Gasteiger partial charge in [-0.3, -0.25) is 0 Å². The molecule has 3 aliphatic carbocycles. The van der Waals surface area contributed by atoms with Crippen LogP contribution in [0.5, 0.6) is 0 Å². The van der Waals surface area contributed by atoms with Gasteiger partial charge in [0, 0.05) is 27.8 Å². The van der Waals surface area contributed by atoms with E-state index in [4.69, 9.17) is 11.0 Å². The lowest BCUT2D eigenvalue weighted by Crippen LogP contribution is -2.28. The summed E-state index contributed by atoms with van der Waals surface area (Å²) in [5, 5.41) is 0. The molecular formula is C65H47N. The Morgan fingerprint density at radius 2 is 0.727 bits per heavy atom. The molecule has 1 nitrogen and oxygen atoms in total. The third-order valence-corrected chi connectivity index (χ3v) is 13.7. The van der Waals surface area contributed by atoms with Crippen molar-refractivity contribution in [3.05, 3.63) is 281 Å². The lowest BCUT2D eigenvalue weighted by atomic mass is 9.67. The summed E-state index contributed by atoms with van der Waals surface area (Å²) in [6.45, 7) is 0. The maximum Gasteiger partial charge on any atom is 0.0714 e. The van der Waals surface area contributed by atoms with Crippen LogP contribution in [-0.2, 0) is 30.9 Å². The highest BCUT2D eigenvalue weighted by Gasteiger charge is 2.46. The number of aryl methyl sites for hydroxylation is 4. The fraction of sp³-hybridized carbons (Fsp3) is 0.0769. The molecule has 0 fully saturated rings. The Morgan fingerprint density at radius 1 is 0.303 bits per heavy atom. The Balaban J connectivity index is 1.09. The molecule has 0 saturated carbocycles. The third kappa shape index (κ3) is 6.15. The second kappa shape index (κ2) is 15.6. The monoisotopic (exact) mass is 849 g/mol. The van der Waals surface area contributed by atoms with Crippen molar-refractivity contribution in [3.8, 4) is 55.6 Å². The van der Waals surface area contributed by atoms with Gasteiger partial charge in [0.05, 0.1) is 16.8 Å². The highest BCUT2D eigenvalue weighted by Crippen LogP contribution is 2.58. The van der Waals surface area contributed by atoms with Gasteiger partial charge in [0.25, 0.3) is 0 Å². The smallest absolute Gasteiger partial charge is 0.0714 e. The van der Waals surface area contributed by atoms with Crippen LogP contribution in [0.2, 0.25) is 0 Å². The molecule has 0 aromatic heterocycles. The predicted octanol–water partition coefficient (Wildman–Crippen LogP) is 16.4. The van der Waals surface area contributed by atoms with Crippen LogP contribution in [-0.4, -0.2) is 0 Å². The summed E-state index contributed by atoms with van der Waals surface area (Å²) in [7, 11) is 0.